The van der Waals surface area contributed by atoms with Gasteiger partial charge in [0.2, 0.25) is 0 Å². The van der Waals surface area contributed by atoms with E-state index in [2.05, 4.69) is 37.6 Å². The van der Waals surface area contributed by atoms with E-state index in [1.807, 2.05) is 22.8 Å². The van der Waals surface area contributed by atoms with Crippen LogP contribution in [0.1, 0.15) is 49.2 Å². The second kappa shape index (κ2) is 10.4. The van der Waals surface area contributed by atoms with Gasteiger partial charge in [-0.1, -0.05) is 69.3 Å². The number of Topliss-reactive ketones (excluding diaryl/α,β-unsaturated/α-hetero) is 1. The summed E-state index contributed by atoms with van der Waals surface area (Å²) in [7, 11) is 0. The minimum Gasteiger partial charge on any atom is -0.460 e. The Labute approximate surface area is 218 Å². The number of carbonyl (C=O) groups is 2. The molecule has 0 atom stereocenters. The highest BCUT2D eigenvalue weighted by Gasteiger charge is 2.31. The molecule has 0 radical (unpaired) electrons. The minimum atomic E-state index is -4.77. The smallest absolute Gasteiger partial charge is 0.460 e. The Bertz CT molecular complexity index is 1460. The molecule has 198 valence electrons. The van der Waals surface area contributed by atoms with E-state index in [1.54, 1.807) is 25.3 Å². The van der Waals surface area contributed by atoms with Gasteiger partial charge < -0.3 is 14.0 Å². The number of benzene rings is 3. The first-order valence-electron chi connectivity index (χ1n) is 12.2. The predicted molar refractivity (Wildman–Crippen MR) is 139 cm³/mol. The summed E-state index contributed by atoms with van der Waals surface area (Å²) in [6.45, 7) is 8.57. The summed E-state index contributed by atoms with van der Waals surface area (Å²) in [6, 6.07) is 19.1. The molecular weight excluding hydrogens is 495 g/mol. The zero-order chi connectivity index (χ0) is 27.7. The molecule has 0 aliphatic rings. The van der Waals surface area contributed by atoms with Gasteiger partial charge in [0, 0.05) is 23.6 Å². The number of fused-ring (bicyclic) bond motifs is 1. The average molecular weight is 524 g/mol. The summed E-state index contributed by atoms with van der Waals surface area (Å²) in [6.07, 6.45) is -3.13. The van der Waals surface area contributed by atoms with Gasteiger partial charge in [-0.25, -0.2) is 4.79 Å². The number of rotatable bonds is 7. The van der Waals surface area contributed by atoms with E-state index < -0.39 is 18.1 Å². The molecule has 0 fully saturated rings. The highest BCUT2D eigenvalue weighted by atomic mass is 19.4. The molecule has 0 unspecified atom stereocenters. The summed E-state index contributed by atoms with van der Waals surface area (Å²) >= 11 is 0. The van der Waals surface area contributed by atoms with E-state index in [0.717, 1.165) is 11.1 Å². The molecule has 38 heavy (non-hydrogen) atoms. The Hall–Kier alpha value is -4.07. The number of carbonyl (C=O) groups excluding carboxylic acids is 2. The van der Waals surface area contributed by atoms with Crippen LogP contribution in [0.25, 0.3) is 22.0 Å². The van der Waals surface area contributed by atoms with Gasteiger partial charge in [-0.2, -0.15) is 0 Å². The number of ether oxygens (including phenoxy) is 2. The number of aromatic nitrogens is 1. The third kappa shape index (κ3) is 6.07. The van der Waals surface area contributed by atoms with Crippen molar-refractivity contribution in [1.82, 2.24) is 4.57 Å². The molecule has 4 aromatic rings. The van der Waals surface area contributed by atoms with E-state index in [4.69, 9.17) is 4.74 Å². The zero-order valence-electron chi connectivity index (χ0n) is 21.6. The lowest BCUT2D eigenvalue weighted by Crippen LogP contribution is -2.17. The monoisotopic (exact) mass is 523 g/mol. The predicted octanol–water partition coefficient (Wildman–Crippen LogP) is 7.30. The van der Waals surface area contributed by atoms with Gasteiger partial charge in [-0.15, -0.1) is 13.2 Å². The normalized spacial score (nSPS) is 12.0. The SMILES string of the molecule is CCOC(=O)C(=O)c1cn(Cc2ccc(C(C)(C)C)cc2)c2cc(-c3ccc(OC(F)(F)F)cc3)ccc12. The van der Waals surface area contributed by atoms with Crippen molar-refractivity contribution in [3.05, 3.63) is 89.6 Å². The third-order valence-electron chi connectivity index (χ3n) is 6.18. The molecule has 0 saturated carbocycles. The molecular formula is C30H28F3NO4. The van der Waals surface area contributed by atoms with Crippen molar-refractivity contribution >= 4 is 22.7 Å². The van der Waals surface area contributed by atoms with Crippen LogP contribution in [0.4, 0.5) is 13.2 Å². The quantitative estimate of drug-likeness (QED) is 0.145. The van der Waals surface area contributed by atoms with Crippen LogP contribution < -0.4 is 4.74 Å². The average Bonchev–Trinajstić information content (AvgIpc) is 3.20. The molecule has 4 rings (SSSR count). The van der Waals surface area contributed by atoms with Crippen LogP contribution in [0.15, 0.2) is 72.9 Å². The zero-order valence-corrected chi connectivity index (χ0v) is 21.6. The molecule has 3 aromatic carbocycles. The topological polar surface area (TPSA) is 57.5 Å². The van der Waals surface area contributed by atoms with Gasteiger partial charge >= 0.3 is 12.3 Å². The fourth-order valence-electron chi connectivity index (χ4n) is 4.25. The summed E-state index contributed by atoms with van der Waals surface area (Å²) < 4.78 is 48.4. The van der Waals surface area contributed by atoms with Gasteiger partial charge in [0.1, 0.15) is 5.75 Å². The molecule has 0 aliphatic heterocycles. The number of esters is 1. The van der Waals surface area contributed by atoms with Crippen molar-refractivity contribution in [1.29, 1.82) is 0 Å². The third-order valence-corrected chi connectivity index (χ3v) is 6.18. The molecule has 5 nitrogen and oxygen atoms in total. The second-order valence-electron chi connectivity index (χ2n) is 9.97. The maximum Gasteiger partial charge on any atom is 0.573 e. The second-order valence-corrected chi connectivity index (χ2v) is 9.97. The van der Waals surface area contributed by atoms with Gasteiger partial charge in [0.15, 0.2) is 0 Å². The molecule has 0 aliphatic carbocycles. The molecule has 0 amide bonds. The summed E-state index contributed by atoms with van der Waals surface area (Å²) in [4.78, 5) is 25.1. The summed E-state index contributed by atoms with van der Waals surface area (Å²) in [5, 5.41) is 0.579. The number of ketones is 1. The Morgan fingerprint density at radius 1 is 0.868 bits per heavy atom. The highest BCUT2D eigenvalue weighted by Crippen LogP contribution is 2.31. The molecule has 1 heterocycles. The Kier molecular flexibility index (Phi) is 7.35. The molecule has 0 bridgehead atoms. The standard InChI is InChI=1S/C30H28F3NO4/c1-5-37-28(36)27(35)25-18-34(17-19-6-11-22(12-7-19)29(2,3)4)26-16-21(10-15-24(25)26)20-8-13-23(14-9-20)38-30(31,32)33/h6-16,18H,5,17H2,1-4H3. The van der Waals surface area contributed by atoms with Crippen LogP contribution in [-0.2, 0) is 21.5 Å². The summed E-state index contributed by atoms with van der Waals surface area (Å²) in [5.74, 6) is -1.97. The van der Waals surface area contributed by atoms with Gasteiger partial charge in [0.05, 0.1) is 12.2 Å². The fourth-order valence-corrected chi connectivity index (χ4v) is 4.25. The van der Waals surface area contributed by atoms with Crippen LogP contribution in [-0.4, -0.2) is 29.3 Å². The van der Waals surface area contributed by atoms with E-state index >= 15 is 0 Å². The van der Waals surface area contributed by atoms with Crippen molar-refractivity contribution in [3.8, 4) is 16.9 Å². The lowest BCUT2D eigenvalue weighted by atomic mass is 9.87. The largest absolute Gasteiger partial charge is 0.573 e. The summed E-state index contributed by atoms with van der Waals surface area (Å²) in [5.41, 5.74) is 4.53. The van der Waals surface area contributed by atoms with Crippen LogP contribution in [0, 0.1) is 0 Å². The molecule has 8 heteroatoms. The maximum atomic E-state index is 12.9. The van der Waals surface area contributed by atoms with Crippen LogP contribution >= 0.6 is 0 Å². The Morgan fingerprint density at radius 3 is 2.08 bits per heavy atom. The molecule has 0 saturated heterocycles. The van der Waals surface area contributed by atoms with Crippen molar-refractivity contribution < 1.29 is 32.2 Å². The van der Waals surface area contributed by atoms with Gasteiger partial charge in [-0.3, -0.25) is 4.79 Å². The lowest BCUT2D eigenvalue weighted by Gasteiger charge is -2.19. The van der Waals surface area contributed by atoms with Crippen LogP contribution in [0.2, 0.25) is 0 Å². The lowest BCUT2D eigenvalue weighted by molar-refractivity contribution is -0.274. The number of hydrogen-bond donors (Lipinski definition) is 0. The van der Waals surface area contributed by atoms with Crippen molar-refractivity contribution in [2.24, 2.45) is 0 Å². The van der Waals surface area contributed by atoms with Gasteiger partial charge in [-0.05, 0) is 52.8 Å². The van der Waals surface area contributed by atoms with Crippen molar-refractivity contribution in [3.63, 3.8) is 0 Å². The van der Waals surface area contributed by atoms with E-state index in [9.17, 15) is 22.8 Å². The fraction of sp³-hybridized carbons (Fsp3) is 0.267. The number of nitrogens with zero attached hydrogens (tertiary/aromatic N) is 1. The van der Waals surface area contributed by atoms with Crippen LogP contribution in [0.3, 0.4) is 0 Å². The molecule has 0 N–H and O–H groups in total. The first-order chi connectivity index (χ1) is 17.9. The maximum absolute atomic E-state index is 12.9. The minimum absolute atomic E-state index is 0.00743. The van der Waals surface area contributed by atoms with Gasteiger partial charge in [0.25, 0.3) is 5.78 Å². The van der Waals surface area contributed by atoms with Crippen molar-refractivity contribution in [2.75, 3.05) is 6.61 Å². The van der Waals surface area contributed by atoms with Crippen molar-refractivity contribution in [2.45, 2.75) is 46.0 Å². The van der Waals surface area contributed by atoms with E-state index in [0.29, 0.717) is 23.0 Å². The number of hydrogen-bond acceptors (Lipinski definition) is 4. The first kappa shape index (κ1) is 27.0. The first-order valence-corrected chi connectivity index (χ1v) is 12.2. The van der Waals surface area contributed by atoms with Crippen LogP contribution in [0.5, 0.6) is 5.75 Å². The Balaban J connectivity index is 1.75. The van der Waals surface area contributed by atoms with E-state index in [1.165, 1.54) is 29.8 Å². The Morgan fingerprint density at radius 2 is 1.50 bits per heavy atom. The molecule has 0 spiro atoms. The highest BCUT2D eigenvalue weighted by molar-refractivity contribution is 6.43. The van der Waals surface area contributed by atoms with E-state index in [-0.39, 0.29) is 23.3 Å². The molecule has 1 aromatic heterocycles. The number of halogens is 3. The number of alkyl halides is 3.